The van der Waals surface area contributed by atoms with E-state index < -0.39 is 5.54 Å². The first-order chi connectivity index (χ1) is 18.0. The average molecular weight is 491 g/mol. The number of rotatable bonds is 11. The molecule has 37 heavy (non-hydrogen) atoms. The van der Waals surface area contributed by atoms with E-state index in [1.165, 1.54) is 0 Å². The number of carbonyl (C=O) groups is 2. The lowest BCUT2D eigenvalue weighted by Crippen LogP contribution is -2.48. The Morgan fingerprint density at radius 3 is 1.73 bits per heavy atom. The van der Waals surface area contributed by atoms with Gasteiger partial charge < -0.3 is 10.1 Å². The summed E-state index contributed by atoms with van der Waals surface area (Å²) in [6, 6.07) is 36.9. The van der Waals surface area contributed by atoms with E-state index in [1.54, 1.807) is 0 Å². The molecule has 188 valence electrons. The van der Waals surface area contributed by atoms with E-state index in [0.717, 1.165) is 34.1 Å². The zero-order chi connectivity index (χ0) is 26.1. The van der Waals surface area contributed by atoms with Crippen LogP contribution in [-0.4, -0.2) is 25.3 Å². The summed E-state index contributed by atoms with van der Waals surface area (Å²) in [5.74, 6) is -0.198. The zero-order valence-electron chi connectivity index (χ0n) is 21.5. The minimum absolute atomic E-state index is 0.0808. The molecule has 0 fully saturated rings. The fourth-order valence-electron chi connectivity index (χ4n) is 4.94. The van der Waals surface area contributed by atoms with Crippen LogP contribution in [0.25, 0.3) is 0 Å². The summed E-state index contributed by atoms with van der Waals surface area (Å²) in [5.41, 5.74) is 5.43. The highest BCUT2D eigenvalue weighted by atomic mass is 16.1. The number of hydrogen-bond donors (Lipinski definition) is 2. The van der Waals surface area contributed by atoms with Gasteiger partial charge in [-0.15, -0.1) is 0 Å². The second kappa shape index (κ2) is 12.3. The summed E-state index contributed by atoms with van der Waals surface area (Å²) in [7, 11) is 0. The van der Waals surface area contributed by atoms with Gasteiger partial charge in [-0.2, -0.15) is 0 Å². The lowest BCUT2D eigenvalue weighted by molar-refractivity contribution is -0.108. The van der Waals surface area contributed by atoms with Crippen molar-refractivity contribution in [2.24, 2.45) is 5.92 Å². The normalized spacial score (nSPS) is 12.1. The third-order valence-electron chi connectivity index (χ3n) is 6.88. The molecule has 4 aromatic carbocycles. The molecule has 1 atom stereocenters. The monoisotopic (exact) mass is 490 g/mol. The molecule has 1 unspecified atom stereocenters. The van der Waals surface area contributed by atoms with E-state index in [4.69, 9.17) is 0 Å². The number of nitrogens with one attached hydrogen (secondary N) is 2. The molecule has 0 bridgehead atoms. The molecule has 2 N–H and O–H groups in total. The Morgan fingerprint density at radius 2 is 1.27 bits per heavy atom. The number of hydrogen-bond acceptors (Lipinski definition) is 3. The van der Waals surface area contributed by atoms with Crippen LogP contribution in [-0.2, 0) is 10.3 Å². The van der Waals surface area contributed by atoms with Gasteiger partial charge in [-0.25, -0.2) is 0 Å². The van der Waals surface area contributed by atoms with Gasteiger partial charge in [0, 0.05) is 25.1 Å². The summed E-state index contributed by atoms with van der Waals surface area (Å²) < 4.78 is 0. The number of benzene rings is 4. The van der Waals surface area contributed by atoms with Crippen LogP contribution in [0.3, 0.4) is 0 Å². The van der Waals surface area contributed by atoms with Gasteiger partial charge >= 0.3 is 0 Å². The molecule has 0 aliphatic heterocycles. The maximum atomic E-state index is 12.9. The second-order valence-electron chi connectivity index (χ2n) is 9.53. The van der Waals surface area contributed by atoms with Crippen molar-refractivity contribution in [2.75, 3.05) is 13.1 Å². The molecule has 0 radical (unpaired) electrons. The molecule has 1 amide bonds. The molecule has 4 heteroatoms. The van der Waals surface area contributed by atoms with Gasteiger partial charge in [0.25, 0.3) is 5.91 Å². The van der Waals surface area contributed by atoms with Crippen LogP contribution in [0.15, 0.2) is 109 Å². The SMILES string of the molecule is Cc1ccc(C(=O)NCC(CC=O)CNC(c2ccccc2)(c2ccccc2)c2ccccc2)c(C)c1. The van der Waals surface area contributed by atoms with Crippen molar-refractivity contribution in [1.82, 2.24) is 10.6 Å². The van der Waals surface area contributed by atoms with Gasteiger partial charge in [-0.1, -0.05) is 109 Å². The van der Waals surface area contributed by atoms with Crippen LogP contribution in [0.2, 0.25) is 0 Å². The van der Waals surface area contributed by atoms with E-state index in [1.807, 2.05) is 86.6 Å². The van der Waals surface area contributed by atoms with Gasteiger partial charge in [0.1, 0.15) is 6.29 Å². The first-order valence-corrected chi connectivity index (χ1v) is 12.8. The van der Waals surface area contributed by atoms with Gasteiger partial charge in [0.2, 0.25) is 0 Å². The smallest absolute Gasteiger partial charge is 0.251 e. The third-order valence-corrected chi connectivity index (χ3v) is 6.88. The van der Waals surface area contributed by atoms with Crippen LogP contribution in [0.1, 0.15) is 44.6 Å². The zero-order valence-corrected chi connectivity index (χ0v) is 21.5. The molecule has 0 heterocycles. The lowest BCUT2D eigenvalue weighted by atomic mass is 9.76. The fraction of sp³-hybridized carbons (Fsp3) is 0.212. The van der Waals surface area contributed by atoms with E-state index in [0.29, 0.717) is 25.1 Å². The number of aryl methyl sites for hydroxylation is 2. The number of aldehydes is 1. The van der Waals surface area contributed by atoms with Crippen molar-refractivity contribution in [3.63, 3.8) is 0 Å². The standard InChI is InChI=1S/C33H34N2O2/c1-25-18-19-31(26(2)22-25)32(37)34-23-27(20-21-36)24-35-33(28-12-6-3-7-13-28,29-14-8-4-9-15-29)30-16-10-5-11-17-30/h3-19,21-22,27,35H,20,23-24H2,1-2H3,(H,34,37). The van der Waals surface area contributed by atoms with Crippen LogP contribution in [0, 0.1) is 19.8 Å². The summed E-state index contributed by atoms with van der Waals surface area (Å²) in [5, 5.41) is 6.90. The van der Waals surface area contributed by atoms with E-state index in [2.05, 4.69) is 47.0 Å². The maximum Gasteiger partial charge on any atom is 0.251 e. The molecular formula is C33H34N2O2. The minimum Gasteiger partial charge on any atom is -0.352 e. The third kappa shape index (κ3) is 6.04. The highest BCUT2D eigenvalue weighted by molar-refractivity contribution is 5.95. The van der Waals surface area contributed by atoms with Crippen molar-refractivity contribution >= 4 is 12.2 Å². The summed E-state index contributed by atoms with van der Waals surface area (Å²) in [6.07, 6.45) is 1.28. The van der Waals surface area contributed by atoms with Crippen molar-refractivity contribution in [3.05, 3.63) is 143 Å². The Labute approximate surface area is 219 Å². The van der Waals surface area contributed by atoms with Gasteiger partial charge in [0.05, 0.1) is 5.54 Å². The second-order valence-corrected chi connectivity index (χ2v) is 9.53. The predicted molar refractivity (Wildman–Crippen MR) is 150 cm³/mol. The van der Waals surface area contributed by atoms with Gasteiger partial charge in [0.15, 0.2) is 0 Å². The lowest BCUT2D eigenvalue weighted by Gasteiger charge is -2.38. The molecule has 0 spiro atoms. The predicted octanol–water partition coefficient (Wildman–Crippen LogP) is 5.82. The molecular weight excluding hydrogens is 456 g/mol. The quantitative estimate of drug-likeness (QED) is 0.206. The van der Waals surface area contributed by atoms with Crippen LogP contribution in [0.4, 0.5) is 0 Å². The van der Waals surface area contributed by atoms with Crippen LogP contribution >= 0.6 is 0 Å². The van der Waals surface area contributed by atoms with Crippen LogP contribution in [0.5, 0.6) is 0 Å². The molecule has 0 aromatic heterocycles. The Balaban J connectivity index is 1.63. The molecule has 0 saturated heterocycles. The Kier molecular flexibility index (Phi) is 8.65. The van der Waals surface area contributed by atoms with Crippen molar-refractivity contribution in [3.8, 4) is 0 Å². The Hall–Kier alpha value is -4.02. The summed E-state index contributed by atoms with van der Waals surface area (Å²) in [6.45, 7) is 4.89. The highest BCUT2D eigenvalue weighted by Gasteiger charge is 2.36. The highest BCUT2D eigenvalue weighted by Crippen LogP contribution is 2.36. The fourth-order valence-corrected chi connectivity index (χ4v) is 4.94. The maximum absolute atomic E-state index is 12.9. The first-order valence-electron chi connectivity index (χ1n) is 12.8. The van der Waals surface area contributed by atoms with Gasteiger partial charge in [-0.05, 0) is 48.1 Å². The van der Waals surface area contributed by atoms with E-state index in [-0.39, 0.29) is 11.8 Å². The molecule has 0 aliphatic rings. The topological polar surface area (TPSA) is 58.2 Å². The van der Waals surface area contributed by atoms with E-state index in [9.17, 15) is 9.59 Å². The molecule has 4 aromatic rings. The van der Waals surface area contributed by atoms with Crippen molar-refractivity contribution in [1.29, 1.82) is 0 Å². The first kappa shape index (κ1) is 26.1. The van der Waals surface area contributed by atoms with Crippen LogP contribution < -0.4 is 10.6 Å². The average Bonchev–Trinajstić information content (AvgIpc) is 2.93. The molecule has 0 saturated carbocycles. The number of amides is 1. The van der Waals surface area contributed by atoms with E-state index >= 15 is 0 Å². The largest absolute Gasteiger partial charge is 0.352 e. The Bertz CT molecular complexity index is 1210. The minimum atomic E-state index is -0.623. The van der Waals surface area contributed by atoms with Crippen molar-refractivity contribution < 1.29 is 9.59 Å². The number of carbonyl (C=O) groups excluding carboxylic acids is 2. The Morgan fingerprint density at radius 1 is 0.757 bits per heavy atom. The van der Waals surface area contributed by atoms with Gasteiger partial charge in [-0.3, -0.25) is 10.1 Å². The molecule has 4 nitrogen and oxygen atoms in total. The summed E-state index contributed by atoms with van der Waals surface area (Å²) in [4.78, 5) is 24.5. The molecule has 4 rings (SSSR count). The van der Waals surface area contributed by atoms with Crippen molar-refractivity contribution in [2.45, 2.75) is 25.8 Å². The summed E-state index contributed by atoms with van der Waals surface area (Å²) >= 11 is 0. The molecule has 0 aliphatic carbocycles.